The van der Waals surface area contributed by atoms with Gasteiger partial charge >= 0.3 is 0 Å². The van der Waals surface area contributed by atoms with Crippen molar-refractivity contribution < 1.29 is 14.3 Å². The monoisotopic (exact) mass is 532 g/mol. The third-order valence-corrected chi connectivity index (χ3v) is 7.92. The highest BCUT2D eigenvalue weighted by molar-refractivity contribution is 7.09. The number of pyridine rings is 1. The van der Waals surface area contributed by atoms with Crippen molar-refractivity contribution in [2.45, 2.75) is 52.2 Å². The number of hydrogen-bond acceptors (Lipinski definition) is 6. The second-order valence-electron chi connectivity index (χ2n) is 10.1. The summed E-state index contributed by atoms with van der Waals surface area (Å²) in [6.07, 6.45) is 2.12. The molecule has 2 aromatic carbocycles. The molecule has 0 aliphatic carbocycles. The number of β-amino-alcohol motifs (C(OH)–C–C–N with tert-alkyl or cyclic N) is 1. The zero-order valence-corrected chi connectivity index (χ0v) is 22.7. The van der Waals surface area contributed by atoms with E-state index < -0.39 is 6.10 Å². The molecular weight excluding hydrogens is 499 g/mol. The molecule has 0 radical (unpaired) electrons. The lowest BCUT2D eigenvalue weighted by molar-refractivity contribution is -0.131. The van der Waals surface area contributed by atoms with Crippen LogP contribution in [-0.4, -0.2) is 51.6 Å². The number of hydrogen-bond donors (Lipinski definition) is 1. The van der Waals surface area contributed by atoms with Gasteiger partial charge in [0.1, 0.15) is 11.6 Å². The van der Waals surface area contributed by atoms with Crippen LogP contribution < -0.4 is 4.90 Å². The molecule has 4 aromatic rings. The summed E-state index contributed by atoms with van der Waals surface area (Å²) in [7, 11) is 0. The van der Waals surface area contributed by atoms with Crippen LogP contribution >= 0.6 is 11.3 Å². The van der Waals surface area contributed by atoms with Crippen LogP contribution in [0, 0.1) is 19.7 Å². The number of anilines is 1. The number of carbonyl (C=O) groups excluding carboxylic acids is 1. The summed E-state index contributed by atoms with van der Waals surface area (Å²) in [6.45, 7) is 6.21. The predicted octanol–water partition coefficient (Wildman–Crippen LogP) is 5.22. The highest BCUT2D eigenvalue weighted by Crippen LogP contribution is 2.29. The number of aromatic nitrogens is 2. The molecule has 1 amide bonds. The largest absolute Gasteiger partial charge is 0.391 e. The quantitative estimate of drug-likeness (QED) is 0.337. The van der Waals surface area contributed by atoms with Gasteiger partial charge in [0, 0.05) is 42.5 Å². The fraction of sp³-hybridized carbons (Fsp3) is 0.367. The first-order valence-electron chi connectivity index (χ1n) is 13.1. The Morgan fingerprint density at radius 2 is 2.00 bits per heavy atom. The molecule has 0 spiro atoms. The molecule has 1 N–H and O–H groups in total. The average molecular weight is 533 g/mol. The van der Waals surface area contributed by atoms with E-state index in [0.29, 0.717) is 26.1 Å². The molecule has 38 heavy (non-hydrogen) atoms. The molecule has 8 heteroatoms. The number of benzene rings is 2. The zero-order valence-electron chi connectivity index (χ0n) is 21.9. The third kappa shape index (κ3) is 6.19. The number of carbonyl (C=O) groups is 1. The second kappa shape index (κ2) is 11.6. The standard InChI is InChI=1S/C30H33FN4O2S/c1-20-5-3-6-23-15-24(30(33-29(20)23)35-13-4-7-27(36)18-35)17-34(14-12-22-8-10-25(31)11-9-22)28(37)16-26-19-38-21(2)32-26/h3,5-6,8-11,15,19,27,36H,4,7,12-14,16-18H2,1-2H3/t27-/m0/s1. The maximum absolute atomic E-state index is 13.6. The highest BCUT2D eigenvalue weighted by atomic mass is 32.1. The van der Waals surface area contributed by atoms with Crippen LogP contribution in [0.2, 0.25) is 0 Å². The summed E-state index contributed by atoms with van der Waals surface area (Å²) >= 11 is 1.54. The van der Waals surface area contributed by atoms with Crippen molar-refractivity contribution in [3.05, 3.63) is 87.1 Å². The van der Waals surface area contributed by atoms with E-state index in [1.807, 2.05) is 23.3 Å². The maximum Gasteiger partial charge on any atom is 0.228 e. The lowest BCUT2D eigenvalue weighted by atomic mass is 10.0. The fourth-order valence-corrected chi connectivity index (χ4v) is 5.70. The Balaban J connectivity index is 1.48. The Kier molecular flexibility index (Phi) is 8.00. The van der Waals surface area contributed by atoms with E-state index in [4.69, 9.17) is 4.98 Å². The number of thiazole rings is 1. The summed E-state index contributed by atoms with van der Waals surface area (Å²) in [5, 5.41) is 14.3. The van der Waals surface area contributed by atoms with Gasteiger partial charge < -0.3 is 14.9 Å². The minimum atomic E-state index is -0.393. The predicted molar refractivity (Wildman–Crippen MR) is 150 cm³/mol. The normalized spacial score (nSPS) is 15.7. The Morgan fingerprint density at radius 1 is 1.18 bits per heavy atom. The second-order valence-corrected chi connectivity index (χ2v) is 11.1. The van der Waals surface area contributed by atoms with Crippen LogP contribution in [-0.2, 0) is 24.2 Å². The van der Waals surface area contributed by atoms with Crippen molar-refractivity contribution in [3.8, 4) is 0 Å². The van der Waals surface area contributed by atoms with E-state index in [1.54, 1.807) is 23.5 Å². The fourth-order valence-electron chi connectivity index (χ4n) is 5.09. The van der Waals surface area contributed by atoms with Gasteiger partial charge in [-0.15, -0.1) is 11.3 Å². The van der Waals surface area contributed by atoms with Crippen molar-refractivity contribution in [1.29, 1.82) is 0 Å². The zero-order chi connectivity index (χ0) is 26.6. The van der Waals surface area contributed by atoms with Crippen molar-refractivity contribution in [2.24, 2.45) is 0 Å². The minimum absolute atomic E-state index is 0.00798. The van der Waals surface area contributed by atoms with Gasteiger partial charge in [0.25, 0.3) is 0 Å². The molecule has 2 aromatic heterocycles. The van der Waals surface area contributed by atoms with E-state index in [2.05, 4.69) is 35.0 Å². The minimum Gasteiger partial charge on any atom is -0.391 e. The van der Waals surface area contributed by atoms with Gasteiger partial charge in [-0.1, -0.05) is 30.3 Å². The van der Waals surface area contributed by atoms with E-state index in [-0.39, 0.29) is 18.1 Å². The van der Waals surface area contributed by atoms with Crippen LogP contribution in [0.3, 0.4) is 0 Å². The molecule has 1 aliphatic rings. The summed E-state index contributed by atoms with van der Waals surface area (Å²) in [5.74, 6) is 0.549. The van der Waals surface area contributed by atoms with Crippen LogP contribution in [0.15, 0.2) is 53.9 Å². The Morgan fingerprint density at radius 3 is 2.74 bits per heavy atom. The van der Waals surface area contributed by atoms with Gasteiger partial charge in [0.15, 0.2) is 0 Å². The summed E-state index contributed by atoms with van der Waals surface area (Å²) in [4.78, 5) is 27.2. The van der Waals surface area contributed by atoms with Crippen molar-refractivity contribution >= 4 is 34.0 Å². The van der Waals surface area contributed by atoms with Crippen LogP contribution in [0.4, 0.5) is 10.2 Å². The first-order chi connectivity index (χ1) is 18.4. The number of rotatable bonds is 8. The molecule has 0 saturated carbocycles. The van der Waals surface area contributed by atoms with Gasteiger partial charge in [0.2, 0.25) is 5.91 Å². The number of nitrogens with zero attached hydrogens (tertiary/aromatic N) is 4. The van der Waals surface area contributed by atoms with Gasteiger partial charge in [-0.2, -0.15) is 0 Å². The third-order valence-electron chi connectivity index (χ3n) is 7.10. The number of amides is 1. The topological polar surface area (TPSA) is 69.6 Å². The molecular formula is C30H33FN4O2S. The van der Waals surface area contributed by atoms with Gasteiger partial charge in [-0.3, -0.25) is 4.79 Å². The first-order valence-corrected chi connectivity index (χ1v) is 14.0. The number of fused-ring (bicyclic) bond motifs is 1. The number of aliphatic hydroxyl groups is 1. The van der Waals surface area contributed by atoms with E-state index in [1.165, 1.54) is 12.1 Å². The number of para-hydroxylation sites is 1. The first kappa shape index (κ1) is 26.3. The molecule has 0 unspecified atom stereocenters. The Bertz CT molecular complexity index is 1420. The number of piperidine rings is 1. The van der Waals surface area contributed by atoms with Crippen molar-refractivity contribution in [2.75, 3.05) is 24.5 Å². The van der Waals surface area contributed by atoms with Crippen molar-refractivity contribution in [3.63, 3.8) is 0 Å². The number of aliphatic hydroxyl groups excluding tert-OH is 1. The SMILES string of the molecule is Cc1nc(CC(=O)N(CCc2ccc(F)cc2)Cc2cc3cccc(C)c3nc2N2CCC[C@H](O)C2)cs1. The lowest BCUT2D eigenvalue weighted by Gasteiger charge is -2.33. The molecule has 0 bridgehead atoms. The smallest absolute Gasteiger partial charge is 0.228 e. The summed E-state index contributed by atoms with van der Waals surface area (Å²) < 4.78 is 13.5. The number of halogens is 1. The molecule has 3 heterocycles. The van der Waals surface area contributed by atoms with Gasteiger partial charge in [0.05, 0.1) is 28.7 Å². The lowest BCUT2D eigenvalue weighted by Crippen LogP contribution is -2.40. The molecule has 6 nitrogen and oxygen atoms in total. The molecule has 1 fully saturated rings. The molecule has 1 aliphatic heterocycles. The molecule has 5 rings (SSSR count). The maximum atomic E-state index is 13.6. The van der Waals surface area contributed by atoms with Gasteiger partial charge in [-0.05, 0) is 62.4 Å². The van der Waals surface area contributed by atoms with Gasteiger partial charge in [-0.25, -0.2) is 14.4 Å². The van der Waals surface area contributed by atoms with Crippen molar-refractivity contribution in [1.82, 2.24) is 14.9 Å². The van der Waals surface area contributed by atoms with Crippen LogP contribution in [0.25, 0.3) is 10.9 Å². The van der Waals surface area contributed by atoms with Crippen LogP contribution in [0.5, 0.6) is 0 Å². The summed E-state index contributed by atoms with van der Waals surface area (Å²) in [5.41, 5.74) is 4.74. The molecule has 1 saturated heterocycles. The van der Waals surface area contributed by atoms with E-state index >= 15 is 0 Å². The highest BCUT2D eigenvalue weighted by Gasteiger charge is 2.24. The average Bonchev–Trinajstić information content (AvgIpc) is 3.31. The Labute approximate surface area is 226 Å². The molecule has 1 atom stereocenters. The number of aryl methyl sites for hydroxylation is 2. The van der Waals surface area contributed by atoms with Crippen LogP contribution in [0.1, 0.15) is 40.2 Å². The summed E-state index contributed by atoms with van der Waals surface area (Å²) in [6, 6.07) is 14.7. The Hall–Kier alpha value is -3.36. The molecule has 198 valence electrons. The van der Waals surface area contributed by atoms with E-state index in [9.17, 15) is 14.3 Å². The van der Waals surface area contributed by atoms with E-state index in [0.717, 1.165) is 63.5 Å².